The molecule has 6 aromatic carbocycles. The maximum absolute atomic E-state index is 6.59. The maximum atomic E-state index is 6.59. The molecule has 9 rings (SSSR count). The predicted molar refractivity (Wildman–Crippen MR) is 176 cm³/mol. The fraction of sp³-hybridized carbons (Fsp3) is 0. The van der Waals surface area contributed by atoms with Gasteiger partial charge in [-0.1, -0.05) is 115 Å². The molecule has 3 heterocycles. The molecule has 0 atom stereocenters. The van der Waals surface area contributed by atoms with Gasteiger partial charge in [-0.05, 0) is 35.4 Å². The molecule has 5 nitrogen and oxygen atoms in total. The largest absolute Gasteiger partial charge is 0.456 e. The number of furan rings is 2. The van der Waals surface area contributed by atoms with E-state index in [9.17, 15) is 0 Å². The van der Waals surface area contributed by atoms with Crippen LogP contribution in [0.3, 0.4) is 0 Å². The SMILES string of the molecule is c1ccc(-c2nc(-c3ccccc3)nc(-c3ccccc3-c3cccc4oc5c(ccc6oc7ccccc7c65)c34)n2)cc1. The van der Waals surface area contributed by atoms with E-state index in [1.54, 1.807) is 0 Å². The van der Waals surface area contributed by atoms with E-state index in [0.717, 1.165) is 71.7 Å². The first-order valence-corrected chi connectivity index (χ1v) is 14.5. The van der Waals surface area contributed by atoms with Gasteiger partial charge in [0.25, 0.3) is 0 Å². The molecule has 0 saturated carbocycles. The van der Waals surface area contributed by atoms with Gasteiger partial charge in [0.05, 0.1) is 5.39 Å². The lowest BCUT2D eigenvalue weighted by Crippen LogP contribution is -2.01. The van der Waals surface area contributed by atoms with Crippen LogP contribution in [0.15, 0.2) is 148 Å². The quantitative estimate of drug-likeness (QED) is 0.212. The molecule has 0 unspecified atom stereocenters. The Morgan fingerprint density at radius 3 is 1.66 bits per heavy atom. The summed E-state index contributed by atoms with van der Waals surface area (Å²) in [6.45, 7) is 0. The monoisotopic (exact) mass is 565 g/mol. The molecule has 0 N–H and O–H groups in total. The highest BCUT2D eigenvalue weighted by Crippen LogP contribution is 2.44. The van der Waals surface area contributed by atoms with E-state index in [1.807, 2.05) is 103 Å². The van der Waals surface area contributed by atoms with E-state index in [0.29, 0.717) is 17.5 Å². The van der Waals surface area contributed by atoms with Crippen LogP contribution < -0.4 is 0 Å². The van der Waals surface area contributed by atoms with E-state index >= 15 is 0 Å². The highest BCUT2D eigenvalue weighted by molar-refractivity contribution is 6.24. The van der Waals surface area contributed by atoms with Gasteiger partial charge < -0.3 is 8.83 Å². The van der Waals surface area contributed by atoms with Gasteiger partial charge in [0.15, 0.2) is 17.5 Å². The maximum Gasteiger partial charge on any atom is 0.164 e. The molecular formula is C39H23N3O2. The summed E-state index contributed by atoms with van der Waals surface area (Å²) in [6, 6.07) is 46.8. The summed E-state index contributed by atoms with van der Waals surface area (Å²) >= 11 is 0. The van der Waals surface area contributed by atoms with Crippen LogP contribution in [0.5, 0.6) is 0 Å². The molecule has 0 fully saturated rings. The molecule has 206 valence electrons. The van der Waals surface area contributed by atoms with Crippen molar-refractivity contribution in [1.82, 2.24) is 15.0 Å². The number of aromatic nitrogens is 3. The average molecular weight is 566 g/mol. The van der Waals surface area contributed by atoms with Gasteiger partial charge in [-0.15, -0.1) is 0 Å². The first kappa shape index (κ1) is 24.5. The molecule has 0 aliphatic carbocycles. The zero-order chi connectivity index (χ0) is 29.0. The normalized spacial score (nSPS) is 11.6. The van der Waals surface area contributed by atoms with Crippen molar-refractivity contribution in [2.24, 2.45) is 0 Å². The number of hydrogen-bond donors (Lipinski definition) is 0. The zero-order valence-electron chi connectivity index (χ0n) is 23.4. The summed E-state index contributed by atoms with van der Waals surface area (Å²) in [5.74, 6) is 1.87. The van der Waals surface area contributed by atoms with Crippen molar-refractivity contribution in [2.45, 2.75) is 0 Å². The van der Waals surface area contributed by atoms with Crippen LogP contribution >= 0.6 is 0 Å². The van der Waals surface area contributed by atoms with Crippen LogP contribution in [-0.2, 0) is 0 Å². The Kier molecular flexibility index (Phi) is 5.43. The van der Waals surface area contributed by atoms with Crippen LogP contribution in [0.4, 0.5) is 0 Å². The second-order valence-corrected chi connectivity index (χ2v) is 10.8. The predicted octanol–water partition coefficient (Wildman–Crippen LogP) is 10.3. The lowest BCUT2D eigenvalue weighted by atomic mass is 9.94. The third-order valence-corrected chi connectivity index (χ3v) is 8.16. The Balaban J connectivity index is 1.30. The van der Waals surface area contributed by atoms with Gasteiger partial charge in [0, 0.05) is 32.8 Å². The van der Waals surface area contributed by atoms with Crippen molar-refractivity contribution in [1.29, 1.82) is 0 Å². The van der Waals surface area contributed by atoms with Crippen molar-refractivity contribution >= 4 is 43.9 Å². The lowest BCUT2D eigenvalue weighted by molar-refractivity contribution is 0.663. The van der Waals surface area contributed by atoms with Gasteiger partial charge >= 0.3 is 0 Å². The van der Waals surface area contributed by atoms with Crippen molar-refractivity contribution in [3.8, 4) is 45.3 Å². The Bertz CT molecular complexity index is 2440. The van der Waals surface area contributed by atoms with E-state index in [4.69, 9.17) is 23.8 Å². The molecule has 9 aromatic rings. The fourth-order valence-electron chi connectivity index (χ4n) is 6.16. The summed E-state index contributed by atoms with van der Waals surface area (Å²) < 4.78 is 12.8. The summed E-state index contributed by atoms with van der Waals surface area (Å²) in [7, 11) is 0. The molecular weight excluding hydrogens is 542 g/mol. The van der Waals surface area contributed by atoms with Crippen LogP contribution in [0.1, 0.15) is 0 Å². The highest BCUT2D eigenvalue weighted by Gasteiger charge is 2.21. The van der Waals surface area contributed by atoms with E-state index in [-0.39, 0.29) is 0 Å². The summed E-state index contributed by atoms with van der Waals surface area (Å²) in [5.41, 5.74) is 8.15. The Morgan fingerprint density at radius 2 is 0.909 bits per heavy atom. The van der Waals surface area contributed by atoms with Gasteiger partial charge in [0.2, 0.25) is 0 Å². The Morgan fingerprint density at radius 1 is 0.341 bits per heavy atom. The third-order valence-electron chi connectivity index (χ3n) is 8.16. The van der Waals surface area contributed by atoms with Crippen LogP contribution in [-0.4, -0.2) is 15.0 Å². The minimum atomic E-state index is 0.612. The number of fused-ring (bicyclic) bond motifs is 7. The standard InChI is InChI=1S/C39H23N3O2/c1-3-12-24(13-4-1)37-40-38(25-14-5-2-6-15-25)42-39(41-37)28-17-8-7-16-26(28)27-19-11-21-32-34(27)30-22-23-33-35(36(30)44-32)29-18-9-10-20-31(29)43-33/h1-23H. The minimum absolute atomic E-state index is 0.612. The molecule has 0 aliphatic rings. The highest BCUT2D eigenvalue weighted by atomic mass is 16.3. The molecule has 0 aliphatic heterocycles. The number of para-hydroxylation sites is 1. The number of rotatable bonds is 4. The summed E-state index contributed by atoms with van der Waals surface area (Å²) in [4.78, 5) is 14.9. The Hall–Kier alpha value is -6.07. The lowest BCUT2D eigenvalue weighted by Gasteiger charge is -2.12. The smallest absolute Gasteiger partial charge is 0.164 e. The van der Waals surface area contributed by atoms with Gasteiger partial charge in [-0.3, -0.25) is 0 Å². The second-order valence-electron chi connectivity index (χ2n) is 10.8. The molecule has 0 spiro atoms. The minimum Gasteiger partial charge on any atom is -0.456 e. The van der Waals surface area contributed by atoms with Gasteiger partial charge in [0.1, 0.15) is 22.3 Å². The van der Waals surface area contributed by atoms with Gasteiger partial charge in [-0.2, -0.15) is 0 Å². The molecule has 0 saturated heterocycles. The van der Waals surface area contributed by atoms with Crippen molar-refractivity contribution in [2.75, 3.05) is 0 Å². The summed E-state index contributed by atoms with van der Waals surface area (Å²) in [6.07, 6.45) is 0. The van der Waals surface area contributed by atoms with Crippen molar-refractivity contribution < 1.29 is 8.83 Å². The van der Waals surface area contributed by atoms with E-state index in [1.165, 1.54) is 0 Å². The first-order chi connectivity index (χ1) is 21.8. The molecule has 5 heteroatoms. The third kappa shape index (κ3) is 3.83. The molecule has 0 bridgehead atoms. The van der Waals surface area contributed by atoms with Crippen LogP contribution in [0, 0.1) is 0 Å². The first-order valence-electron chi connectivity index (χ1n) is 14.5. The number of hydrogen-bond acceptors (Lipinski definition) is 5. The summed E-state index contributed by atoms with van der Waals surface area (Å²) in [5, 5.41) is 4.12. The molecule has 0 radical (unpaired) electrons. The molecule has 44 heavy (non-hydrogen) atoms. The fourth-order valence-corrected chi connectivity index (χ4v) is 6.16. The van der Waals surface area contributed by atoms with Gasteiger partial charge in [-0.25, -0.2) is 15.0 Å². The molecule has 0 amide bonds. The molecule has 3 aromatic heterocycles. The zero-order valence-corrected chi connectivity index (χ0v) is 23.4. The number of benzene rings is 6. The second kappa shape index (κ2) is 9.75. The average Bonchev–Trinajstić information content (AvgIpc) is 3.67. The van der Waals surface area contributed by atoms with Crippen molar-refractivity contribution in [3.63, 3.8) is 0 Å². The van der Waals surface area contributed by atoms with Crippen LogP contribution in [0.25, 0.3) is 89.2 Å². The van der Waals surface area contributed by atoms with E-state index < -0.39 is 0 Å². The topological polar surface area (TPSA) is 65.0 Å². The van der Waals surface area contributed by atoms with E-state index in [2.05, 4.69) is 36.4 Å². The van der Waals surface area contributed by atoms with Crippen molar-refractivity contribution in [3.05, 3.63) is 140 Å². The van der Waals surface area contributed by atoms with Crippen LogP contribution in [0.2, 0.25) is 0 Å². The number of nitrogens with zero attached hydrogens (tertiary/aromatic N) is 3. The Labute approximate surface area is 252 Å².